The van der Waals surface area contributed by atoms with Crippen molar-refractivity contribution in [1.29, 1.82) is 0 Å². The summed E-state index contributed by atoms with van der Waals surface area (Å²) < 4.78 is 132. The van der Waals surface area contributed by atoms with Gasteiger partial charge in [-0.25, -0.2) is 4.98 Å². The molecule has 0 N–H and O–H groups in total. The highest BCUT2D eigenvalue weighted by molar-refractivity contribution is 6.22. The lowest BCUT2D eigenvalue weighted by atomic mass is 9.84. The second-order valence-corrected chi connectivity index (χ2v) is 12.4. The van der Waals surface area contributed by atoms with E-state index in [2.05, 4.69) is 0 Å². The summed E-state index contributed by atoms with van der Waals surface area (Å²) in [5.41, 5.74) is 4.33. The summed E-state index contributed by atoms with van der Waals surface area (Å²) in [4.78, 5) is 4.90. The molecular formula is C51H34N2. The molecule has 0 saturated heterocycles. The van der Waals surface area contributed by atoms with Gasteiger partial charge in [0.2, 0.25) is 0 Å². The minimum Gasteiger partial charge on any atom is -0.292 e. The minimum atomic E-state index is -0.581. The van der Waals surface area contributed by atoms with E-state index in [0.717, 1.165) is 16.3 Å². The molecule has 0 unspecified atom stereocenters. The van der Waals surface area contributed by atoms with Gasteiger partial charge >= 0.3 is 0 Å². The Balaban J connectivity index is 1.32. The van der Waals surface area contributed by atoms with Gasteiger partial charge in [0.25, 0.3) is 0 Å². The predicted molar refractivity (Wildman–Crippen MR) is 223 cm³/mol. The van der Waals surface area contributed by atoms with Crippen LogP contribution in [0.25, 0.3) is 94.2 Å². The second-order valence-electron chi connectivity index (χ2n) is 12.4. The van der Waals surface area contributed by atoms with Crippen molar-refractivity contribution in [2.75, 3.05) is 0 Å². The normalized spacial score (nSPS) is 15.4. The highest BCUT2D eigenvalue weighted by atomic mass is 15.1. The molecule has 0 fully saturated rings. The van der Waals surface area contributed by atoms with Gasteiger partial charge in [-0.3, -0.25) is 4.57 Å². The summed E-state index contributed by atoms with van der Waals surface area (Å²) in [6.07, 6.45) is 0. The quantitative estimate of drug-likeness (QED) is 0.159. The summed E-state index contributed by atoms with van der Waals surface area (Å²) in [6.45, 7) is 0. The molecule has 248 valence electrons. The summed E-state index contributed by atoms with van der Waals surface area (Å²) in [5.74, 6) is 0.144. The molecule has 0 aliphatic rings. The number of hydrogen-bond acceptors (Lipinski definition) is 1. The van der Waals surface area contributed by atoms with Crippen molar-refractivity contribution >= 4 is 32.6 Å². The monoisotopic (exact) mass is 689 g/mol. The third kappa shape index (κ3) is 5.32. The number of para-hydroxylation sites is 3. The number of benzene rings is 9. The highest BCUT2D eigenvalue weighted by Crippen LogP contribution is 2.47. The lowest BCUT2D eigenvalue weighted by Crippen LogP contribution is -2.01. The first-order chi connectivity index (χ1) is 32.5. The first-order valence-corrected chi connectivity index (χ1v) is 16.9. The predicted octanol–water partition coefficient (Wildman–Crippen LogP) is 13.7. The van der Waals surface area contributed by atoms with Gasteiger partial charge in [-0.1, -0.05) is 169 Å². The fraction of sp³-hybridized carbons (Fsp3) is 0. The number of nitrogens with zero attached hydrogens (tertiary/aromatic N) is 2. The second kappa shape index (κ2) is 12.9. The molecule has 0 aliphatic carbocycles. The average Bonchev–Trinajstić information content (AvgIpc) is 3.73. The molecule has 53 heavy (non-hydrogen) atoms. The number of fused-ring (bicyclic) bond motifs is 3. The van der Waals surface area contributed by atoms with E-state index in [1.165, 1.54) is 6.07 Å². The molecule has 9 aromatic carbocycles. The van der Waals surface area contributed by atoms with E-state index in [1.807, 2.05) is 95.6 Å². The maximum absolute atomic E-state index is 8.97. The van der Waals surface area contributed by atoms with Crippen LogP contribution in [0.3, 0.4) is 0 Å². The van der Waals surface area contributed by atoms with E-state index in [4.69, 9.17) is 25.5 Å². The van der Waals surface area contributed by atoms with E-state index in [0.29, 0.717) is 44.2 Å². The van der Waals surface area contributed by atoms with Crippen LogP contribution in [0, 0.1) is 0 Å². The fourth-order valence-electron chi connectivity index (χ4n) is 7.26. The van der Waals surface area contributed by atoms with Crippen LogP contribution in [-0.4, -0.2) is 9.55 Å². The Kier molecular flexibility index (Phi) is 4.64. The first-order valence-electron chi connectivity index (χ1n) is 24.4. The molecule has 2 heteroatoms. The van der Waals surface area contributed by atoms with Gasteiger partial charge in [-0.2, -0.15) is 0 Å². The Bertz CT molecular complexity index is 3590. The largest absolute Gasteiger partial charge is 0.292 e. The molecule has 0 bridgehead atoms. The van der Waals surface area contributed by atoms with Crippen molar-refractivity contribution in [3.8, 4) is 61.6 Å². The van der Waals surface area contributed by atoms with Crippen LogP contribution in [0.4, 0.5) is 0 Å². The molecule has 1 heterocycles. The number of hydrogen-bond donors (Lipinski definition) is 0. The summed E-state index contributed by atoms with van der Waals surface area (Å²) in [7, 11) is 0. The summed E-state index contributed by atoms with van der Waals surface area (Å²) in [6, 6.07) is 27.4. The van der Waals surface area contributed by atoms with Crippen LogP contribution >= 0.6 is 0 Å². The maximum atomic E-state index is 8.97. The smallest absolute Gasteiger partial charge is 0.145 e. The van der Waals surface area contributed by atoms with Crippen LogP contribution in [0.2, 0.25) is 0 Å². The molecule has 0 radical (unpaired) electrons. The van der Waals surface area contributed by atoms with Gasteiger partial charge in [-0.15, -0.1) is 0 Å². The van der Waals surface area contributed by atoms with Crippen LogP contribution < -0.4 is 0 Å². The molecule has 2 nitrogen and oxygen atoms in total. The Morgan fingerprint density at radius 3 is 1.43 bits per heavy atom. The highest BCUT2D eigenvalue weighted by Gasteiger charge is 2.22. The van der Waals surface area contributed by atoms with Gasteiger partial charge in [-0.05, 0) is 96.9 Å². The van der Waals surface area contributed by atoms with E-state index in [-0.39, 0.29) is 33.6 Å². The van der Waals surface area contributed by atoms with Crippen molar-refractivity contribution in [2.24, 2.45) is 0 Å². The van der Waals surface area contributed by atoms with Crippen LogP contribution in [-0.2, 0) is 0 Å². The van der Waals surface area contributed by atoms with Crippen molar-refractivity contribution in [3.63, 3.8) is 0 Å². The Morgan fingerprint density at radius 2 is 0.849 bits per heavy atom. The topological polar surface area (TPSA) is 17.8 Å². The van der Waals surface area contributed by atoms with E-state index in [9.17, 15) is 0 Å². The van der Waals surface area contributed by atoms with Crippen LogP contribution in [0.15, 0.2) is 206 Å². The van der Waals surface area contributed by atoms with Crippen molar-refractivity contribution in [2.45, 2.75) is 0 Å². The molecule has 0 saturated carbocycles. The maximum Gasteiger partial charge on any atom is 0.145 e. The molecule has 0 aliphatic heterocycles. The average molecular weight is 690 g/mol. The van der Waals surface area contributed by atoms with Crippen LogP contribution in [0.1, 0.15) is 20.6 Å². The third-order valence-electron chi connectivity index (χ3n) is 9.43. The van der Waals surface area contributed by atoms with E-state index < -0.39 is 90.6 Å². The van der Waals surface area contributed by atoms with E-state index in [1.54, 1.807) is 18.2 Å². The Labute approximate surface area is 330 Å². The molecule has 1 aromatic heterocycles. The van der Waals surface area contributed by atoms with Gasteiger partial charge in [0.1, 0.15) is 5.82 Å². The molecule has 0 spiro atoms. The molecular weight excluding hydrogens is 641 g/mol. The van der Waals surface area contributed by atoms with Crippen molar-refractivity contribution < 1.29 is 20.6 Å². The zero-order valence-electron chi connectivity index (χ0n) is 42.9. The number of rotatable bonds is 6. The Hall–Kier alpha value is -7.03. The molecule has 10 rings (SSSR count). The molecule has 0 atom stereocenters. The fourth-order valence-corrected chi connectivity index (χ4v) is 7.26. The number of aromatic nitrogens is 2. The van der Waals surface area contributed by atoms with Gasteiger partial charge in [0.05, 0.1) is 37.3 Å². The SMILES string of the molecule is [2H]c1c([2H])c([2H])c(-c2cc(-c3c([2H])c([2H])c([2H])c([2H])c3[2H])cc(-c3c4ccccc4c(-c4ccccc4-n4c(-c5c([2H])c([2H])c([2H])c([2H])c5[2H])nc5ccccc54)c4ccccc34)c2)c([2H])c1[2H]. The third-order valence-corrected chi connectivity index (χ3v) is 9.43. The van der Waals surface area contributed by atoms with Gasteiger partial charge < -0.3 is 0 Å². The van der Waals surface area contributed by atoms with Gasteiger partial charge in [0.15, 0.2) is 0 Å². The minimum absolute atomic E-state index is 0.0685. The zero-order chi connectivity index (χ0) is 48.2. The standard InChI is InChI=1S/C51H34N2/c1-4-18-35(19-5-1)38-32-39(36-20-6-2-7-21-36)34-40(33-38)49-41-24-10-12-26-43(41)50(44-27-13-11-25-42(44)49)45-28-14-16-30-47(45)53-48-31-17-15-29-46(48)52-51(53)37-22-8-3-9-23-37/h1-34H/i1D,2D,3D,4D,5D,6D,7D,8D,9D,18D,19D,20D,21D,22D,23D. The van der Waals surface area contributed by atoms with Crippen LogP contribution in [0.5, 0.6) is 0 Å². The molecule has 10 aromatic rings. The molecule has 0 amide bonds. The Morgan fingerprint density at radius 1 is 0.396 bits per heavy atom. The first kappa shape index (κ1) is 19.0. The summed E-state index contributed by atoms with van der Waals surface area (Å²) >= 11 is 0. The van der Waals surface area contributed by atoms with Gasteiger partial charge in [0, 0.05) is 11.1 Å². The van der Waals surface area contributed by atoms with E-state index >= 15 is 0 Å². The summed E-state index contributed by atoms with van der Waals surface area (Å²) in [5, 5.41) is 2.92. The zero-order valence-corrected chi connectivity index (χ0v) is 27.9. The lowest BCUT2D eigenvalue weighted by molar-refractivity contribution is 1.10. The van der Waals surface area contributed by atoms with Crippen molar-refractivity contribution in [1.82, 2.24) is 9.55 Å². The lowest BCUT2D eigenvalue weighted by Gasteiger charge is -2.21. The van der Waals surface area contributed by atoms with Crippen molar-refractivity contribution in [3.05, 3.63) is 206 Å². The number of imidazole rings is 1.